The number of alkyl halides is 3. The van der Waals surface area contributed by atoms with E-state index in [1.807, 2.05) is 31.2 Å². The number of nitrogens with one attached hydrogen (secondary N) is 2. The molecule has 152 valence electrons. The molecule has 8 heteroatoms. The van der Waals surface area contributed by atoms with Crippen molar-refractivity contribution < 1.29 is 18.0 Å². The molecule has 3 unspecified atom stereocenters. The number of carbonyl (C=O) groups is 1. The molecule has 1 amide bonds. The molecule has 29 heavy (non-hydrogen) atoms. The van der Waals surface area contributed by atoms with E-state index in [0.29, 0.717) is 22.7 Å². The summed E-state index contributed by atoms with van der Waals surface area (Å²) in [7, 11) is 0. The van der Waals surface area contributed by atoms with Crippen molar-refractivity contribution in [3.05, 3.63) is 76.3 Å². The average Bonchev–Trinajstić information content (AvgIpc) is 2.99. The van der Waals surface area contributed by atoms with Gasteiger partial charge < -0.3 is 5.32 Å². The molecule has 0 aromatic heterocycles. The summed E-state index contributed by atoms with van der Waals surface area (Å²) in [6.07, 6.45) is -2.58. The summed E-state index contributed by atoms with van der Waals surface area (Å²) in [6.45, 7) is 2.01. The van der Waals surface area contributed by atoms with Crippen LogP contribution < -0.4 is 10.7 Å². The Balaban J connectivity index is 1.57. The Labute approximate surface area is 171 Å². The predicted octanol–water partition coefficient (Wildman–Crippen LogP) is 4.22. The molecule has 4 nitrogen and oxygen atoms in total. The Morgan fingerprint density at radius 2 is 1.72 bits per heavy atom. The van der Waals surface area contributed by atoms with Crippen molar-refractivity contribution in [1.82, 2.24) is 15.8 Å². The first-order valence-corrected chi connectivity index (χ1v) is 9.60. The number of carbonyl (C=O) groups excluding carboxylic acids is 1. The number of nitrogens with zero attached hydrogens (tertiary/aromatic N) is 1. The lowest BCUT2D eigenvalue weighted by Gasteiger charge is -2.33. The second-order valence-corrected chi connectivity index (χ2v) is 7.78. The number of fused-ring (bicyclic) bond motifs is 1. The van der Waals surface area contributed by atoms with Crippen LogP contribution in [-0.4, -0.2) is 23.1 Å². The van der Waals surface area contributed by atoms with Crippen molar-refractivity contribution in [1.29, 1.82) is 0 Å². The fraction of sp³-hybridized carbons (Fsp3) is 0.286. The number of benzene rings is 2. The number of rotatable bonds is 3. The number of halogens is 4. The first-order chi connectivity index (χ1) is 13.7. The van der Waals surface area contributed by atoms with Crippen molar-refractivity contribution >= 4 is 23.2 Å². The third-order valence-corrected chi connectivity index (χ3v) is 5.64. The fourth-order valence-corrected chi connectivity index (χ4v) is 3.94. The quantitative estimate of drug-likeness (QED) is 0.779. The molecule has 0 aliphatic carbocycles. The Bertz CT molecular complexity index is 941. The molecule has 2 N–H and O–H groups in total. The van der Waals surface area contributed by atoms with Crippen LogP contribution in [0.3, 0.4) is 0 Å². The van der Waals surface area contributed by atoms with Crippen LogP contribution in [0.5, 0.6) is 0 Å². The molecule has 0 saturated carbocycles. The van der Waals surface area contributed by atoms with E-state index in [4.69, 9.17) is 11.6 Å². The summed E-state index contributed by atoms with van der Waals surface area (Å²) in [6, 6.07) is 12.4. The van der Waals surface area contributed by atoms with Gasteiger partial charge in [0, 0.05) is 28.8 Å². The highest BCUT2D eigenvalue weighted by atomic mass is 35.5. The first kappa shape index (κ1) is 19.8. The van der Waals surface area contributed by atoms with Gasteiger partial charge in [-0.15, -0.1) is 0 Å². The summed E-state index contributed by atoms with van der Waals surface area (Å²) >= 11 is 5.96. The van der Waals surface area contributed by atoms with Gasteiger partial charge in [0.15, 0.2) is 0 Å². The Hall–Kier alpha value is -2.51. The highest BCUT2D eigenvalue weighted by Crippen LogP contribution is 2.32. The average molecular weight is 422 g/mol. The van der Waals surface area contributed by atoms with Gasteiger partial charge in [0.1, 0.15) is 6.17 Å². The predicted molar refractivity (Wildman–Crippen MR) is 104 cm³/mol. The van der Waals surface area contributed by atoms with Crippen molar-refractivity contribution in [3.8, 4) is 0 Å². The summed E-state index contributed by atoms with van der Waals surface area (Å²) in [5.74, 6) is -0.160. The van der Waals surface area contributed by atoms with Gasteiger partial charge in [0.2, 0.25) is 0 Å². The lowest BCUT2D eigenvalue weighted by atomic mass is 9.91. The van der Waals surface area contributed by atoms with Gasteiger partial charge in [0.05, 0.1) is 5.56 Å². The molecule has 1 fully saturated rings. The van der Waals surface area contributed by atoms with Crippen LogP contribution in [0, 0.1) is 5.92 Å². The van der Waals surface area contributed by atoms with Gasteiger partial charge in [0.25, 0.3) is 5.91 Å². The van der Waals surface area contributed by atoms with Crippen LogP contribution in [0.4, 0.5) is 13.2 Å². The SMILES string of the molecule is CC1NN2C(=O)C=C(c3ccc(C(F)(F)F)cc3)NC2C1Cc1ccc(Cl)cc1. The Morgan fingerprint density at radius 3 is 2.34 bits per heavy atom. The van der Waals surface area contributed by atoms with Crippen molar-refractivity contribution in [2.24, 2.45) is 5.92 Å². The van der Waals surface area contributed by atoms with Crippen LogP contribution in [-0.2, 0) is 17.4 Å². The molecule has 2 aromatic rings. The molecule has 2 heterocycles. The van der Waals surface area contributed by atoms with Gasteiger partial charge in [-0.25, -0.2) is 5.43 Å². The van der Waals surface area contributed by atoms with Crippen LogP contribution in [0.25, 0.3) is 5.70 Å². The van der Waals surface area contributed by atoms with Gasteiger partial charge in [-0.2, -0.15) is 13.2 Å². The molecule has 0 radical (unpaired) electrons. The van der Waals surface area contributed by atoms with Crippen molar-refractivity contribution in [2.75, 3.05) is 0 Å². The van der Waals surface area contributed by atoms with Crippen LogP contribution >= 0.6 is 11.6 Å². The molecule has 3 atom stereocenters. The number of amides is 1. The van der Waals surface area contributed by atoms with E-state index in [-0.39, 0.29) is 24.0 Å². The van der Waals surface area contributed by atoms with Crippen LogP contribution in [0.2, 0.25) is 5.02 Å². The summed E-state index contributed by atoms with van der Waals surface area (Å²) in [4.78, 5) is 12.6. The molecule has 4 rings (SSSR count). The zero-order chi connectivity index (χ0) is 20.8. The second-order valence-electron chi connectivity index (χ2n) is 7.34. The molecule has 2 aliphatic heterocycles. The third kappa shape index (κ3) is 3.97. The van der Waals surface area contributed by atoms with Gasteiger partial charge in [-0.3, -0.25) is 9.80 Å². The van der Waals surface area contributed by atoms with E-state index in [0.717, 1.165) is 17.7 Å². The largest absolute Gasteiger partial charge is 0.416 e. The number of hydrogen-bond acceptors (Lipinski definition) is 3. The molecule has 0 spiro atoms. The smallest absolute Gasteiger partial charge is 0.363 e. The van der Waals surface area contributed by atoms with E-state index < -0.39 is 11.7 Å². The summed E-state index contributed by atoms with van der Waals surface area (Å²) < 4.78 is 38.5. The molecule has 1 saturated heterocycles. The number of hydrogen-bond donors (Lipinski definition) is 2. The number of hydrazine groups is 1. The van der Waals surface area contributed by atoms with E-state index in [2.05, 4.69) is 10.7 Å². The van der Waals surface area contributed by atoms with Gasteiger partial charge in [-0.1, -0.05) is 35.9 Å². The van der Waals surface area contributed by atoms with Crippen molar-refractivity contribution in [2.45, 2.75) is 31.7 Å². The lowest BCUT2D eigenvalue weighted by molar-refractivity contribution is -0.137. The minimum atomic E-state index is -4.39. The van der Waals surface area contributed by atoms with Crippen molar-refractivity contribution in [3.63, 3.8) is 0 Å². The lowest BCUT2D eigenvalue weighted by Crippen LogP contribution is -2.53. The van der Waals surface area contributed by atoms with Gasteiger partial charge in [-0.05, 0) is 48.7 Å². The standard InChI is InChI=1S/C21H19ClF3N3O/c1-12-17(10-13-2-8-16(22)9-3-13)20-26-18(11-19(29)28(20)27-12)14-4-6-15(7-5-14)21(23,24)25/h2-9,11-12,17,20,26-27H,10H2,1H3. The maximum absolute atomic E-state index is 12.8. The van der Waals surface area contributed by atoms with E-state index >= 15 is 0 Å². The first-order valence-electron chi connectivity index (χ1n) is 9.22. The molecule has 2 aliphatic rings. The highest BCUT2D eigenvalue weighted by molar-refractivity contribution is 6.30. The fourth-order valence-electron chi connectivity index (χ4n) is 3.81. The maximum atomic E-state index is 12.8. The zero-order valence-electron chi connectivity index (χ0n) is 15.5. The topological polar surface area (TPSA) is 44.4 Å². The Morgan fingerprint density at radius 1 is 1.07 bits per heavy atom. The Kier molecular flexibility index (Phi) is 5.04. The highest BCUT2D eigenvalue weighted by Gasteiger charge is 2.44. The normalized spacial score (nSPS) is 24.2. The van der Waals surface area contributed by atoms with E-state index in [9.17, 15) is 18.0 Å². The summed E-state index contributed by atoms with van der Waals surface area (Å²) in [5, 5.41) is 5.54. The van der Waals surface area contributed by atoms with E-state index in [1.165, 1.54) is 18.2 Å². The third-order valence-electron chi connectivity index (χ3n) is 5.39. The minimum absolute atomic E-state index is 0.0347. The molecule has 2 aromatic carbocycles. The molecular formula is C21H19ClF3N3O. The molecular weight excluding hydrogens is 403 g/mol. The van der Waals surface area contributed by atoms with E-state index in [1.54, 1.807) is 5.01 Å². The van der Waals surface area contributed by atoms with Crippen LogP contribution in [0.1, 0.15) is 23.6 Å². The summed E-state index contributed by atoms with van der Waals surface area (Å²) in [5.41, 5.74) is 4.62. The zero-order valence-corrected chi connectivity index (χ0v) is 16.3. The second kappa shape index (κ2) is 7.39. The van der Waals surface area contributed by atoms with Crippen LogP contribution in [0.15, 0.2) is 54.6 Å². The minimum Gasteiger partial charge on any atom is -0.363 e. The monoisotopic (exact) mass is 421 g/mol. The van der Waals surface area contributed by atoms with Gasteiger partial charge >= 0.3 is 6.18 Å². The maximum Gasteiger partial charge on any atom is 0.416 e. The molecule has 0 bridgehead atoms.